The van der Waals surface area contributed by atoms with E-state index in [2.05, 4.69) is 10.2 Å². The van der Waals surface area contributed by atoms with Gasteiger partial charge in [0.1, 0.15) is 11.6 Å². The van der Waals surface area contributed by atoms with Gasteiger partial charge in [-0.3, -0.25) is 9.36 Å². The average Bonchev–Trinajstić information content (AvgIpc) is 2.58. The lowest BCUT2D eigenvalue weighted by molar-refractivity contribution is 0.167. The number of sulfonamides is 1. The number of rotatable bonds is 5. The van der Waals surface area contributed by atoms with Crippen molar-refractivity contribution in [3.8, 4) is 11.9 Å². The number of benzene rings is 1. The van der Waals surface area contributed by atoms with E-state index in [-0.39, 0.29) is 33.9 Å². The first-order chi connectivity index (χ1) is 12.6. The molecule has 142 valence electrons. The van der Waals surface area contributed by atoms with Crippen molar-refractivity contribution < 1.29 is 18.6 Å². The van der Waals surface area contributed by atoms with E-state index < -0.39 is 27.6 Å². The van der Waals surface area contributed by atoms with Crippen LogP contribution in [0.5, 0.6) is 5.88 Å². The average molecular weight is 391 g/mol. The van der Waals surface area contributed by atoms with Crippen LogP contribution in [-0.2, 0) is 16.6 Å². The fourth-order valence-electron chi connectivity index (χ4n) is 2.30. The largest absolute Gasteiger partial charge is 0.493 e. The van der Waals surface area contributed by atoms with Gasteiger partial charge in [-0.1, -0.05) is 0 Å². The van der Waals surface area contributed by atoms with Gasteiger partial charge in [-0.05, 0) is 38.1 Å². The number of aliphatic hydroxyl groups is 1. The molecule has 2 rings (SSSR count). The van der Waals surface area contributed by atoms with Gasteiger partial charge in [-0.2, -0.15) is 10.4 Å². The fraction of sp³-hybridized carbons (Fsp3) is 0.250. The summed E-state index contributed by atoms with van der Waals surface area (Å²) in [5, 5.41) is 41.6. The maximum atomic E-state index is 12.6. The van der Waals surface area contributed by atoms with Crippen LogP contribution in [0.15, 0.2) is 44.2 Å². The molecule has 4 N–H and O–H groups in total. The number of nitriles is 1. The van der Waals surface area contributed by atoms with Crippen molar-refractivity contribution in [1.82, 2.24) is 4.57 Å². The Morgan fingerprint density at radius 3 is 2.37 bits per heavy atom. The highest BCUT2D eigenvalue weighted by molar-refractivity contribution is 7.89. The molecule has 0 saturated carbocycles. The zero-order valence-electron chi connectivity index (χ0n) is 14.5. The van der Waals surface area contributed by atoms with Gasteiger partial charge in [0.15, 0.2) is 5.69 Å². The predicted octanol–water partition coefficient (Wildman–Crippen LogP) is 1.18. The Bertz CT molecular complexity index is 1100. The molecule has 0 saturated heterocycles. The molecule has 0 bridgehead atoms. The Morgan fingerprint density at radius 1 is 1.30 bits per heavy atom. The van der Waals surface area contributed by atoms with Crippen molar-refractivity contribution in [1.29, 1.82) is 5.26 Å². The van der Waals surface area contributed by atoms with Crippen molar-refractivity contribution >= 4 is 21.4 Å². The fourth-order valence-corrected chi connectivity index (χ4v) is 2.82. The van der Waals surface area contributed by atoms with Crippen LogP contribution in [0.2, 0.25) is 0 Å². The van der Waals surface area contributed by atoms with Crippen molar-refractivity contribution in [3.05, 3.63) is 45.7 Å². The minimum Gasteiger partial charge on any atom is -0.493 e. The highest BCUT2D eigenvalue weighted by Crippen LogP contribution is 2.27. The first-order valence-corrected chi connectivity index (χ1v) is 9.20. The van der Waals surface area contributed by atoms with Crippen LogP contribution in [-0.4, -0.2) is 29.3 Å². The van der Waals surface area contributed by atoms with Crippen molar-refractivity contribution in [2.45, 2.75) is 31.4 Å². The second-order valence-electron chi connectivity index (χ2n) is 5.79. The van der Waals surface area contributed by atoms with Gasteiger partial charge in [0.05, 0.1) is 23.2 Å². The highest BCUT2D eigenvalue weighted by Gasteiger charge is 2.20. The maximum Gasteiger partial charge on any atom is 0.281 e. The summed E-state index contributed by atoms with van der Waals surface area (Å²) in [7, 11) is -3.84. The van der Waals surface area contributed by atoms with E-state index in [1.807, 2.05) is 0 Å². The molecule has 11 heteroatoms. The molecule has 1 atom stereocenters. The third-order valence-electron chi connectivity index (χ3n) is 3.65. The minimum absolute atomic E-state index is 0.103. The smallest absolute Gasteiger partial charge is 0.281 e. The van der Waals surface area contributed by atoms with E-state index >= 15 is 0 Å². The normalized spacial score (nSPS) is 12.9. The number of primary sulfonamides is 1. The SMILES string of the molecule is Cc1c(C#N)c(O)n(C[C@H](C)O)c(=O)c1N=Nc1ccc(S(N)(=O)=O)cc1. The molecular formula is C16H17N5O5S. The molecule has 0 aliphatic heterocycles. The standard InChI is InChI=1S/C16H17N5O5S/c1-9(22)8-21-15(23)13(7-17)10(2)14(16(21)24)20-19-11-3-5-12(6-4-11)27(18,25)26/h3-6,9,22-23H,8H2,1-2H3,(H2,18,25,26)/t9-/m0/s1. The molecule has 0 radical (unpaired) electrons. The number of aromatic hydroxyl groups is 1. The van der Waals surface area contributed by atoms with E-state index in [1.165, 1.54) is 38.1 Å². The number of aliphatic hydroxyl groups excluding tert-OH is 1. The molecule has 1 aromatic carbocycles. The Balaban J connectivity index is 2.54. The zero-order valence-corrected chi connectivity index (χ0v) is 15.3. The molecule has 0 spiro atoms. The van der Waals surface area contributed by atoms with Gasteiger partial charge in [-0.25, -0.2) is 13.6 Å². The molecule has 0 fully saturated rings. The van der Waals surface area contributed by atoms with Gasteiger partial charge in [0, 0.05) is 5.56 Å². The van der Waals surface area contributed by atoms with Crippen molar-refractivity contribution in [3.63, 3.8) is 0 Å². The van der Waals surface area contributed by atoms with E-state index in [0.717, 1.165) is 4.57 Å². The highest BCUT2D eigenvalue weighted by atomic mass is 32.2. The third kappa shape index (κ3) is 4.37. The van der Waals surface area contributed by atoms with Gasteiger partial charge < -0.3 is 10.2 Å². The van der Waals surface area contributed by atoms with Crippen LogP contribution < -0.4 is 10.7 Å². The number of hydrogen-bond donors (Lipinski definition) is 3. The van der Waals surface area contributed by atoms with Crippen LogP contribution in [0.1, 0.15) is 18.1 Å². The van der Waals surface area contributed by atoms with Crippen LogP contribution in [0.3, 0.4) is 0 Å². The first kappa shape index (κ1) is 20.2. The van der Waals surface area contributed by atoms with Crippen LogP contribution in [0, 0.1) is 18.3 Å². The molecule has 27 heavy (non-hydrogen) atoms. The molecule has 1 heterocycles. The number of pyridine rings is 1. The Kier molecular flexibility index (Phi) is 5.75. The summed E-state index contributed by atoms with van der Waals surface area (Å²) >= 11 is 0. The lowest BCUT2D eigenvalue weighted by Crippen LogP contribution is -2.26. The molecule has 0 amide bonds. The van der Waals surface area contributed by atoms with Crippen LogP contribution in [0.25, 0.3) is 0 Å². The number of azo groups is 1. The summed E-state index contributed by atoms with van der Waals surface area (Å²) in [6.45, 7) is 2.63. The molecule has 10 nitrogen and oxygen atoms in total. The topological polar surface area (TPSA) is 171 Å². The monoisotopic (exact) mass is 391 g/mol. The summed E-state index contributed by atoms with van der Waals surface area (Å²) in [5.74, 6) is -0.558. The summed E-state index contributed by atoms with van der Waals surface area (Å²) in [6, 6.07) is 6.96. The number of hydrogen-bond acceptors (Lipinski definition) is 8. The Labute approximate surface area is 154 Å². The second kappa shape index (κ2) is 7.67. The number of nitrogens with two attached hydrogens (primary N) is 1. The summed E-state index contributed by atoms with van der Waals surface area (Å²) in [6.07, 6.45) is -0.946. The molecule has 2 aromatic rings. The van der Waals surface area contributed by atoms with E-state index in [9.17, 15) is 28.7 Å². The number of aromatic nitrogens is 1. The molecule has 0 aliphatic rings. The molecule has 0 aliphatic carbocycles. The van der Waals surface area contributed by atoms with E-state index in [0.29, 0.717) is 0 Å². The lowest BCUT2D eigenvalue weighted by Gasteiger charge is -2.14. The summed E-state index contributed by atoms with van der Waals surface area (Å²) < 4.78 is 23.3. The molecule has 0 unspecified atom stereocenters. The molecule has 1 aromatic heterocycles. The minimum atomic E-state index is -3.84. The summed E-state index contributed by atoms with van der Waals surface area (Å²) in [5.41, 5.74) is -0.689. The maximum absolute atomic E-state index is 12.6. The Hall–Kier alpha value is -3.07. The van der Waals surface area contributed by atoms with Gasteiger partial charge in [-0.15, -0.1) is 5.11 Å². The third-order valence-corrected chi connectivity index (χ3v) is 4.58. The molecular weight excluding hydrogens is 374 g/mol. The van der Waals surface area contributed by atoms with Crippen LogP contribution in [0.4, 0.5) is 11.4 Å². The lowest BCUT2D eigenvalue weighted by atomic mass is 10.1. The van der Waals surface area contributed by atoms with Gasteiger partial charge >= 0.3 is 0 Å². The van der Waals surface area contributed by atoms with E-state index in [4.69, 9.17) is 5.14 Å². The predicted molar refractivity (Wildman–Crippen MR) is 95.5 cm³/mol. The second-order valence-corrected chi connectivity index (χ2v) is 7.35. The quantitative estimate of drug-likeness (QED) is 0.646. The van der Waals surface area contributed by atoms with Gasteiger partial charge in [0.25, 0.3) is 5.56 Å². The zero-order chi connectivity index (χ0) is 20.4. The first-order valence-electron chi connectivity index (χ1n) is 7.65. The van der Waals surface area contributed by atoms with Crippen LogP contribution >= 0.6 is 0 Å². The van der Waals surface area contributed by atoms with Crippen molar-refractivity contribution in [2.75, 3.05) is 0 Å². The van der Waals surface area contributed by atoms with E-state index in [1.54, 1.807) is 6.07 Å². The number of nitrogens with zero attached hydrogens (tertiary/aromatic N) is 4. The van der Waals surface area contributed by atoms with Gasteiger partial charge in [0.2, 0.25) is 15.9 Å². The van der Waals surface area contributed by atoms with Crippen molar-refractivity contribution in [2.24, 2.45) is 15.4 Å². The summed E-state index contributed by atoms with van der Waals surface area (Å²) in [4.78, 5) is 12.5. The Morgan fingerprint density at radius 2 is 1.89 bits per heavy atom.